The topological polar surface area (TPSA) is 63.7 Å². The third kappa shape index (κ3) is 5.55. The van der Waals surface area contributed by atoms with E-state index >= 15 is 0 Å². The standard InChI is InChI=1S/C18H23N3O3/c1-23-12-11-21(14-16-7-9-19-10-8-16)18(22)20-13-15-3-5-17(24-2)6-4-15/h3-10H,11-14H2,1-2H3,(H,20,22). The van der Waals surface area contributed by atoms with Crippen LogP contribution in [0, 0.1) is 0 Å². The predicted molar refractivity (Wildman–Crippen MR) is 91.8 cm³/mol. The lowest BCUT2D eigenvalue weighted by Gasteiger charge is -2.23. The minimum absolute atomic E-state index is 0.125. The smallest absolute Gasteiger partial charge is 0.318 e. The number of nitrogens with one attached hydrogen (secondary N) is 1. The van der Waals surface area contributed by atoms with Crippen LogP contribution >= 0.6 is 0 Å². The normalized spacial score (nSPS) is 10.2. The summed E-state index contributed by atoms with van der Waals surface area (Å²) >= 11 is 0. The Balaban J connectivity index is 1.93. The highest BCUT2D eigenvalue weighted by Crippen LogP contribution is 2.11. The number of methoxy groups -OCH3 is 2. The summed E-state index contributed by atoms with van der Waals surface area (Å²) in [6.07, 6.45) is 3.44. The number of amides is 2. The van der Waals surface area contributed by atoms with Gasteiger partial charge in [0.25, 0.3) is 0 Å². The molecular weight excluding hydrogens is 306 g/mol. The van der Waals surface area contributed by atoms with Crippen molar-refractivity contribution in [1.82, 2.24) is 15.2 Å². The summed E-state index contributed by atoms with van der Waals surface area (Å²) in [4.78, 5) is 18.2. The molecule has 1 aromatic heterocycles. The molecule has 0 saturated heterocycles. The van der Waals surface area contributed by atoms with Crippen molar-refractivity contribution in [1.29, 1.82) is 0 Å². The van der Waals surface area contributed by atoms with Crippen LogP contribution in [0.2, 0.25) is 0 Å². The van der Waals surface area contributed by atoms with Crippen LogP contribution in [-0.2, 0) is 17.8 Å². The molecule has 0 atom stereocenters. The van der Waals surface area contributed by atoms with Gasteiger partial charge in [-0.25, -0.2) is 4.79 Å². The van der Waals surface area contributed by atoms with Crippen molar-refractivity contribution in [2.75, 3.05) is 27.4 Å². The van der Waals surface area contributed by atoms with Gasteiger partial charge in [0.15, 0.2) is 0 Å². The summed E-state index contributed by atoms with van der Waals surface area (Å²) in [6.45, 7) is 1.98. The van der Waals surface area contributed by atoms with Crippen LogP contribution in [0.5, 0.6) is 5.75 Å². The van der Waals surface area contributed by atoms with Crippen LogP contribution in [0.4, 0.5) is 4.79 Å². The summed E-state index contributed by atoms with van der Waals surface area (Å²) in [5, 5.41) is 2.94. The number of pyridine rings is 1. The fraction of sp³-hybridized carbons (Fsp3) is 0.333. The largest absolute Gasteiger partial charge is 0.497 e. The Morgan fingerprint density at radius 3 is 2.42 bits per heavy atom. The van der Waals surface area contributed by atoms with Gasteiger partial charge in [0, 0.05) is 39.1 Å². The Bertz CT molecular complexity index is 617. The first-order valence-electron chi connectivity index (χ1n) is 7.76. The van der Waals surface area contributed by atoms with Gasteiger partial charge in [-0.05, 0) is 35.4 Å². The Hall–Kier alpha value is -2.60. The first-order chi connectivity index (χ1) is 11.7. The second-order valence-corrected chi connectivity index (χ2v) is 5.28. The molecule has 0 bridgehead atoms. The molecule has 6 nitrogen and oxygen atoms in total. The zero-order valence-corrected chi connectivity index (χ0v) is 14.1. The number of urea groups is 1. The molecule has 0 fully saturated rings. The number of aromatic nitrogens is 1. The van der Waals surface area contributed by atoms with E-state index in [1.807, 2.05) is 36.4 Å². The number of rotatable bonds is 8. The minimum Gasteiger partial charge on any atom is -0.497 e. The van der Waals surface area contributed by atoms with Crippen LogP contribution in [-0.4, -0.2) is 43.3 Å². The number of carbonyl (C=O) groups is 1. The van der Waals surface area contributed by atoms with Gasteiger partial charge in [-0.3, -0.25) is 4.98 Å². The zero-order valence-electron chi connectivity index (χ0n) is 14.1. The van der Waals surface area contributed by atoms with E-state index in [-0.39, 0.29) is 6.03 Å². The van der Waals surface area contributed by atoms with Crippen molar-refractivity contribution in [3.05, 3.63) is 59.9 Å². The van der Waals surface area contributed by atoms with Gasteiger partial charge in [0.1, 0.15) is 5.75 Å². The van der Waals surface area contributed by atoms with E-state index in [9.17, 15) is 4.79 Å². The first-order valence-corrected chi connectivity index (χ1v) is 7.76. The van der Waals surface area contributed by atoms with Gasteiger partial charge < -0.3 is 19.7 Å². The van der Waals surface area contributed by atoms with Crippen molar-refractivity contribution in [2.24, 2.45) is 0 Å². The van der Waals surface area contributed by atoms with E-state index in [1.165, 1.54) is 0 Å². The van der Waals surface area contributed by atoms with E-state index < -0.39 is 0 Å². The maximum atomic E-state index is 12.5. The molecule has 6 heteroatoms. The molecule has 0 radical (unpaired) electrons. The fourth-order valence-corrected chi connectivity index (χ4v) is 2.20. The van der Waals surface area contributed by atoms with Crippen molar-refractivity contribution >= 4 is 6.03 Å². The number of hydrogen-bond donors (Lipinski definition) is 1. The number of nitrogens with zero attached hydrogens (tertiary/aromatic N) is 2. The maximum absolute atomic E-state index is 12.5. The minimum atomic E-state index is -0.125. The molecule has 2 rings (SSSR count). The summed E-state index contributed by atoms with van der Waals surface area (Å²) in [5.41, 5.74) is 2.04. The van der Waals surface area contributed by atoms with Crippen molar-refractivity contribution in [3.8, 4) is 5.75 Å². The van der Waals surface area contributed by atoms with Crippen LogP contribution < -0.4 is 10.1 Å². The molecule has 1 heterocycles. The third-order valence-corrected chi connectivity index (χ3v) is 3.58. The number of carbonyl (C=O) groups excluding carboxylic acids is 1. The second kappa shape index (κ2) is 9.52. The maximum Gasteiger partial charge on any atom is 0.318 e. The number of ether oxygens (including phenoxy) is 2. The highest BCUT2D eigenvalue weighted by atomic mass is 16.5. The monoisotopic (exact) mass is 329 g/mol. The average Bonchev–Trinajstić information content (AvgIpc) is 2.64. The van der Waals surface area contributed by atoms with Crippen LogP contribution in [0.3, 0.4) is 0 Å². The molecule has 24 heavy (non-hydrogen) atoms. The molecular formula is C18H23N3O3. The third-order valence-electron chi connectivity index (χ3n) is 3.58. The molecule has 2 aromatic rings. The average molecular weight is 329 g/mol. The van der Waals surface area contributed by atoms with Gasteiger partial charge in [-0.15, -0.1) is 0 Å². The predicted octanol–water partition coefficient (Wildman–Crippen LogP) is 2.45. The van der Waals surface area contributed by atoms with E-state index in [4.69, 9.17) is 9.47 Å². The SMILES string of the molecule is COCCN(Cc1ccncc1)C(=O)NCc1ccc(OC)cc1. The molecule has 1 N–H and O–H groups in total. The van der Waals surface area contributed by atoms with Gasteiger partial charge in [-0.1, -0.05) is 12.1 Å². The van der Waals surface area contributed by atoms with Crippen molar-refractivity contribution in [2.45, 2.75) is 13.1 Å². The molecule has 128 valence electrons. The van der Waals surface area contributed by atoms with Crippen LogP contribution in [0.1, 0.15) is 11.1 Å². The highest BCUT2D eigenvalue weighted by molar-refractivity contribution is 5.74. The molecule has 1 aromatic carbocycles. The summed E-state index contributed by atoms with van der Waals surface area (Å²) in [7, 11) is 3.25. The van der Waals surface area contributed by atoms with Gasteiger partial charge in [-0.2, -0.15) is 0 Å². The molecule has 0 spiro atoms. The molecule has 0 aliphatic rings. The Kier molecular flexibility index (Phi) is 7.04. The molecule has 0 aliphatic carbocycles. The number of benzene rings is 1. The lowest BCUT2D eigenvalue weighted by atomic mass is 10.2. The zero-order chi connectivity index (χ0) is 17.2. The first kappa shape index (κ1) is 17.7. The summed E-state index contributed by atoms with van der Waals surface area (Å²) in [5.74, 6) is 0.796. The molecule has 0 saturated carbocycles. The summed E-state index contributed by atoms with van der Waals surface area (Å²) in [6, 6.07) is 11.3. The van der Waals surface area contributed by atoms with E-state index in [0.717, 1.165) is 16.9 Å². The van der Waals surface area contributed by atoms with Gasteiger partial charge in [0.2, 0.25) is 0 Å². The summed E-state index contributed by atoms with van der Waals surface area (Å²) < 4.78 is 10.2. The van der Waals surface area contributed by atoms with Crippen molar-refractivity contribution < 1.29 is 14.3 Å². The fourth-order valence-electron chi connectivity index (χ4n) is 2.20. The van der Waals surface area contributed by atoms with E-state index in [0.29, 0.717) is 26.2 Å². The Morgan fingerprint density at radius 2 is 1.79 bits per heavy atom. The highest BCUT2D eigenvalue weighted by Gasteiger charge is 2.13. The van der Waals surface area contributed by atoms with E-state index in [1.54, 1.807) is 31.5 Å². The van der Waals surface area contributed by atoms with Crippen LogP contribution in [0.15, 0.2) is 48.8 Å². The lowest BCUT2D eigenvalue weighted by Crippen LogP contribution is -2.40. The van der Waals surface area contributed by atoms with Gasteiger partial charge in [0.05, 0.1) is 13.7 Å². The molecule has 0 aliphatic heterocycles. The van der Waals surface area contributed by atoms with Gasteiger partial charge >= 0.3 is 6.03 Å². The molecule has 0 unspecified atom stereocenters. The van der Waals surface area contributed by atoms with Crippen molar-refractivity contribution in [3.63, 3.8) is 0 Å². The Labute approximate surface area is 142 Å². The van der Waals surface area contributed by atoms with E-state index in [2.05, 4.69) is 10.3 Å². The Morgan fingerprint density at radius 1 is 1.08 bits per heavy atom. The quantitative estimate of drug-likeness (QED) is 0.808. The number of hydrogen-bond acceptors (Lipinski definition) is 4. The second-order valence-electron chi connectivity index (χ2n) is 5.28. The van der Waals surface area contributed by atoms with Crippen LogP contribution in [0.25, 0.3) is 0 Å². The lowest BCUT2D eigenvalue weighted by molar-refractivity contribution is 0.146. The molecule has 2 amide bonds.